The van der Waals surface area contributed by atoms with E-state index in [4.69, 9.17) is 4.98 Å². The molecule has 3 atom stereocenters. The van der Waals surface area contributed by atoms with Gasteiger partial charge in [0.15, 0.2) is 0 Å². The zero-order chi connectivity index (χ0) is 23.1. The van der Waals surface area contributed by atoms with Crippen LogP contribution < -0.4 is 5.32 Å². The summed E-state index contributed by atoms with van der Waals surface area (Å²) in [6, 6.07) is 12.8. The van der Waals surface area contributed by atoms with Crippen molar-refractivity contribution in [3.8, 4) is 0 Å². The van der Waals surface area contributed by atoms with Gasteiger partial charge in [-0.1, -0.05) is 19.1 Å². The van der Waals surface area contributed by atoms with Crippen LogP contribution in [0, 0.1) is 19.8 Å². The van der Waals surface area contributed by atoms with E-state index < -0.39 is 6.10 Å². The number of aromatic nitrogens is 2. The van der Waals surface area contributed by atoms with E-state index in [0.29, 0.717) is 18.9 Å². The third-order valence-electron chi connectivity index (χ3n) is 7.33. The number of nitrogens with one attached hydrogen (secondary N) is 1. The molecule has 1 saturated heterocycles. The number of β-amino-alcohol motifs (C(OH)–C–C–N with tert-alkyl or cyclic N) is 1. The Hall–Kier alpha value is -2.70. The van der Waals surface area contributed by atoms with E-state index in [1.165, 1.54) is 16.7 Å². The van der Waals surface area contributed by atoms with E-state index in [0.717, 1.165) is 54.9 Å². The number of benzene rings is 2. The monoisotopic (exact) mass is 446 g/mol. The molecule has 0 spiro atoms. The number of hydrogen-bond acceptors (Lipinski definition) is 4. The molecule has 1 aliphatic carbocycles. The minimum Gasteiger partial charge on any atom is -0.390 e. The first kappa shape index (κ1) is 22.1. The summed E-state index contributed by atoms with van der Waals surface area (Å²) in [4.78, 5) is 18.9. The maximum absolute atomic E-state index is 11.7. The molecule has 5 rings (SSSR count). The molecule has 0 saturated carbocycles. The zero-order valence-electron chi connectivity index (χ0n) is 19.8. The maximum atomic E-state index is 11.7. The lowest BCUT2D eigenvalue weighted by Crippen LogP contribution is -2.46. The Morgan fingerprint density at radius 3 is 2.76 bits per heavy atom. The van der Waals surface area contributed by atoms with Crippen molar-refractivity contribution in [2.24, 2.45) is 5.92 Å². The van der Waals surface area contributed by atoms with Gasteiger partial charge in [0, 0.05) is 31.7 Å². The lowest BCUT2D eigenvalue weighted by Gasteiger charge is -2.38. The van der Waals surface area contributed by atoms with Gasteiger partial charge >= 0.3 is 0 Å². The molecule has 1 aromatic heterocycles. The number of hydrogen-bond donors (Lipinski definition) is 2. The highest BCUT2D eigenvalue weighted by Gasteiger charge is 2.33. The summed E-state index contributed by atoms with van der Waals surface area (Å²) in [6.45, 7) is 8.68. The molecule has 1 fully saturated rings. The molecule has 33 heavy (non-hydrogen) atoms. The average molecular weight is 447 g/mol. The number of anilines is 1. The van der Waals surface area contributed by atoms with Crippen LogP contribution >= 0.6 is 0 Å². The van der Waals surface area contributed by atoms with Crippen molar-refractivity contribution in [3.63, 3.8) is 0 Å². The Kier molecular flexibility index (Phi) is 5.97. The van der Waals surface area contributed by atoms with Crippen molar-refractivity contribution in [3.05, 3.63) is 58.9 Å². The number of nitrogens with zero attached hydrogens (tertiary/aromatic N) is 3. The number of imidazole rings is 1. The summed E-state index contributed by atoms with van der Waals surface area (Å²) >= 11 is 0. The highest BCUT2D eigenvalue weighted by atomic mass is 16.3. The largest absolute Gasteiger partial charge is 0.390 e. The first-order valence-corrected chi connectivity index (χ1v) is 12.2. The molecule has 0 radical (unpaired) electrons. The van der Waals surface area contributed by atoms with Crippen LogP contribution in [0.4, 0.5) is 5.69 Å². The first-order valence-electron chi connectivity index (χ1n) is 12.2. The van der Waals surface area contributed by atoms with Crippen molar-refractivity contribution >= 4 is 22.6 Å². The van der Waals surface area contributed by atoms with Crippen LogP contribution in [-0.2, 0) is 17.6 Å². The Morgan fingerprint density at radius 1 is 1.15 bits per heavy atom. The van der Waals surface area contributed by atoms with E-state index >= 15 is 0 Å². The van der Waals surface area contributed by atoms with Crippen LogP contribution in [0.1, 0.15) is 48.3 Å². The zero-order valence-corrected chi connectivity index (χ0v) is 19.8. The molecule has 2 N–H and O–H groups in total. The van der Waals surface area contributed by atoms with E-state index in [1.807, 2.05) is 19.9 Å². The van der Waals surface area contributed by atoms with E-state index in [2.05, 4.69) is 52.0 Å². The molecule has 2 aromatic carbocycles. The van der Waals surface area contributed by atoms with Crippen molar-refractivity contribution in [1.29, 1.82) is 0 Å². The van der Waals surface area contributed by atoms with E-state index in [-0.39, 0.29) is 11.9 Å². The lowest BCUT2D eigenvalue weighted by molar-refractivity contribution is -0.115. The van der Waals surface area contributed by atoms with Crippen LogP contribution in [0.5, 0.6) is 0 Å². The van der Waals surface area contributed by atoms with Gasteiger partial charge in [-0.25, -0.2) is 4.98 Å². The Balaban J connectivity index is 1.22. The maximum Gasteiger partial charge on any atom is 0.224 e. The smallest absolute Gasteiger partial charge is 0.224 e. The molecule has 3 aromatic rings. The van der Waals surface area contributed by atoms with E-state index in [1.54, 1.807) is 0 Å². The van der Waals surface area contributed by atoms with Crippen LogP contribution in [0.2, 0.25) is 0 Å². The van der Waals surface area contributed by atoms with Crippen molar-refractivity contribution < 1.29 is 9.90 Å². The van der Waals surface area contributed by atoms with Gasteiger partial charge < -0.3 is 19.9 Å². The molecule has 1 aliphatic heterocycles. The van der Waals surface area contributed by atoms with Crippen LogP contribution in [0.15, 0.2) is 36.4 Å². The van der Waals surface area contributed by atoms with Crippen molar-refractivity contribution in [1.82, 2.24) is 14.5 Å². The molecule has 2 heterocycles. The van der Waals surface area contributed by atoms with Gasteiger partial charge in [0.25, 0.3) is 0 Å². The lowest BCUT2D eigenvalue weighted by atomic mass is 9.98. The number of aliphatic hydroxyl groups is 1. The van der Waals surface area contributed by atoms with Gasteiger partial charge in [-0.3, -0.25) is 4.79 Å². The minimum atomic E-state index is -0.407. The number of amides is 1. The van der Waals surface area contributed by atoms with Crippen LogP contribution in [0.3, 0.4) is 0 Å². The summed E-state index contributed by atoms with van der Waals surface area (Å²) in [5.74, 6) is 1.59. The molecule has 1 amide bonds. The molecular weight excluding hydrogens is 412 g/mol. The molecule has 174 valence electrons. The number of aryl methyl sites for hydroxylation is 2. The highest BCUT2D eigenvalue weighted by molar-refractivity contribution is 5.90. The second-order valence-electron chi connectivity index (χ2n) is 9.86. The molecule has 6 heteroatoms. The summed E-state index contributed by atoms with van der Waals surface area (Å²) < 4.78 is 2.24. The van der Waals surface area contributed by atoms with Gasteiger partial charge in [-0.05, 0) is 80.0 Å². The predicted molar refractivity (Wildman–Crippen MR) is 132 cm³/mol. The summed E-state index contributed by atoms with van der Waals surface area (Å²) in [5.41, 5.74) is 6.98. The standard InChI is InChI=1S/C27H34N4O2/c1-4-27(33)29-22-7-6-20-12-19(13-21(20)14-22)15-30-10-9-25(26(32)16-30)31-18(3)28-23-11-17(2)5-8-24(23)31/h5-8,11,14,19,25-26,32H,4,9-10,12-13,15-16H2,1-3H3,(H,29,33)/t19-,25?,26-/m1/s1. The molecular formula is C27H34N4O2. The quantitative estimate of drug-likeness (QED) is 0.621. The Labute approximate surface area is 195 Å². The Bertz CT molecular complexity index is 1180. The number of carbonyl (C=O) groups is 1. The summed E-state index contributed by atoms with van der Waals surface area (Å²) in [5, 5.41) is 14.1. The van der Waals surface area contributed by atoms with Crippen LogP contribution in [-0.4, -0.2) is 51.2 Å². The SMILES string of the molecule is CCC(=O)Nc1ccc2c(c1)C[C@H](CN1CCC(n3c(C)nc4cc(C)ccc43)[C@H](O)C1)C2. The number of fused-ring (bicyclic) bond motifs is 2. The minimum absolute atomic E-state index is 0.0531. The van der Waals surface area contributed by atoms with Gasteiger partial charge in [-0.2, -0.15) is 0 Å². The fourth-order valence-corrected chi connectivity index (χ4v) is 5.73. The predicted octanol–water partition coefficient (Wildman–Crippen LogP) is 4.02. The second-order valence-corrected chi connectivity index (χ2v) is 9.86. The third-order valence-corrected chi connectivity index (χ3v) is 7.33. The van der Waals surface area contributed by atoms with Crippen molar-refractivity contribution in [2.45, 2.75) is 58.6 Å². The average Bonchev–Trinajstić information content (AvgIpc) is 3.32. The van der Waals surface area contributed by atoms with E-state index in [9.17, 15) is 9.90 Å². The fourth-order valence-electron chi connectivity index (χ4n) is 5.73. The molecule has 0 bridgehead atoms. The number of rotatable bonds is 5. The Morgan fingerprint density at radius 2 is 1.97 bits per heavy atom. The first-order chi connectivity index (χ1) is 15.9. The molecule has 1 unspecified atom stereocenters. The number of aliphatic hydroxyl groups excluding tert-OH is 1. The normalized spacial score (nSPS) is 23.1. The van der Waals surface area contributed by atoms with Gasteiger partial charge in [0.2, 0.25) is 5.91 Å². The highest BCUT2D eigenvalue weighted by Crippen LogP contribution is 2.33. The molecule has 2 aliphatic rings. The summed E-state index contributed by atoms with van der Waals surface area (Å²) in [7, 11) is 0. The van der Waals surface area contributed by atoms with Gasteiger partial charge in [0.05, 0.1) is 23.2 Å². The number of carbonyl (C=O) groups excluding carboxylic acids is 1. The van der Waals surface area contributed by atoms with Gasteiger partial charge in [-0.15, -0.1) is 0 Å². The third kappa shape index (κ3) is 4.42. The van der Waals surface area contributed by atoms with Crippen molar-refractivity contribution in [2.75, 3.05) is 25.0 Å². The molecule has 6 nitrogen and oxygen atoms in total. The van der Waals surface area contributed by atoms with Gasteiger partial charge in [0.1, 0.15) is 5.82 Å². The fraction of sp³-hybridized carbons (Fsp3) is 0.481. The number of piperidine rings is 1. The number of likely N-dealkylation sites (tertiary alicyclic amines) is 1. The van der Waals surface area contributed by atoms with Crippen LogP contribution in [0.25, 0.3) is 11.0 Å². The summed E-state index contributed by atoms with van der Waals surface area (Å²) in [6.07, 6.45) is 3.11. The topological polar surface area (TPSA) is 70.4 Å². The second kappa shape index (κ2) is 8.92.